The number of carbonyl (C=O) groups excluding carboxylic acids is 1. The molecule has 0 fully saturated rings. The van der Waals surface area contributed by atoms with E-state index in [-0.39, 0.29) is 30.6 Å². The molecule has 10 nitrogen and oxygen atoms in total. The highest BCUT2D eigenvalue weighted by atomic mass is 16.6. The van der Waals surface area contributed by atoms with Crippen LogP contribution < -0.4 is 0 Å². The number of nitro groups is 1. The molecule has 2 aromatic rings. The second-order valence-electron chi connectivity index (χ2n) is 3.39. The van der Waals surface area contributed by atoms with Gasteiger partial charge in [-0.05, 0) is 6.92 Å². The highest BCUT2D eigenvalue weighted by Gasteiger charge is 2.17. The smallest absolute Gasteiger partial charge is 0.397 e. The number of aromatic nitrogens is 4. The third-order valence-electron chi connectivity index (χ3n) is 2.05. The number of esters is 1. The molecule has 0 radical (unpaired) electrons. The average Bonchev–Trinajstić information content (AvgIpc) is 2.99. The van der Waals surface area contributed by atoms with Gasteiger partial charge in [0.15, 0.2) is 5.82 Å². The summed E-state index contributed by atoms with van der Waals surface area (Å²) in [5.41, 5.74) is -0.144. The van der Waals surface area contributed by atoms with Crippen molar-refractivity contribution in [2.75, 3.05) is 6.61 Å². The van der Waals surface area contributed by atoms with E-state index >= 15 is 0 Å². The first-order valence-corrected chi connectivity index (χ1v) is 5.26. The van der Waals surface area contributed by atoms with Crippen molar-refractivity contribution in [2.45, 2.75) is 13.5 Å². The average molecular weight is 267 g/mol. The van der Waals surface area contributed by atoms with E-state index in [0.29, 0.717) is 0 Å². The van der Waals surface area contributed by atoms with E-state index < -0.39 is 10.9 Å². The summed E-state index contributed by atoms with van der Waals surface area (Å²) in [6.07, 6.45) is 2.33. The zero-order chi connectivity index (χ0) is 13.8. The van der Waals surface area contributed by atoms with Gasteiger partial charge in [-0.3, -0.25) is 14.8 Å². The van der Waals surface area contributed by atoms with Crippen LogP contribution in [0.5, 0.6) is 0 Å². The Morgan fingerprint density at radius 3 is 3.05 bits per heavy atom. The SMILES string of the molecule is CCOC(=O)c1nc(Cn2cc([N+](=O)[O-])cn2)no1. The van der Waals surface area contributed by atoms with E-state index in [0.717, 1.165) is 6.20 Å². The molecule has 0 unspecified atom stereocenters. The van der Waals surface area contributed by atoms with Crippen LogP contribution in [-0.2, 0) is 11.3 Å². The van der Waals surface area contributed by atoms with Gasteiger partial charge in [0.25, 0.3) is 0 Å². The molecule has 0 aromatic carbocycles. The minimum Gasteiger partial charge on any atom is -0.459 e. The van der Waals surface area contributed by atoms with Gasteiger partial charge >= 0.3 is 17.5 Å². The van der Waals surface area contributed by atoms with Gasteiger partial charge in [0.1, 0.15) is 18.9 Å². The van der Waals surface area contributed by atoms with Crippen LogP contribution in [0.25, 0.3) is 0 Å². The van der Waals surface area contributed by atoms with Gasteiger partial charge in [0.2, 0.25) is 0 Å². The standard InChI is InChI=1S/C9H9N5O5/c1-2-18-9(15)8-11-7(12-19-8)5-13-4-6(3-10-13)14(16)17/h3-4H,2,5H2,1H3. The molecule has 0 bridgehead atoms. The summed E-state index contributed by atoms with van der Waals surface area (Å²) in [5.74, 6) is -0.813. The fourth-order valence-electron chi connectivity index (χ4n) is 1.27. The molecule has 0 saturated heterocycles. The van der Waals surface area contributed by atoms with Gasteiger partial charge in [-0.2, -0.15) is 10.1 Å². The van der Waals surface area contributed by atoms with Gasteiger partial charge in [0, 0.05) is 0 Å². The van der Waals surface area contributed by atoms with Crippen LogP contribution in [0.4, 0.5) is 5.69 Å². The van der Waals surface area contributed by atoms with Gasteiger partial charge in [-0.25, -0.2) is 4.79 Å². The van der Waals surface area contributed by atoms with Gasteiger partial charge in [-0.1, -0.05) is 5.16 Å². The largest absolute Gasteiger partial charge is 0.459 e. The maximum absolute atomic E-state index is 11.3. The highest BCUT2D eigenvalue weighted by Crippen LogP contribution is 2.09. The molecule has 0 saturated carbocycles. The van der Waals surface area contributed by atoms with Crippen LogP contribution >= 0.6 is 0 Å². The monoisotopic (exact) mass is 267 g/mol. The molecule has 19 heavy (non-hydrogen) atoms. The summed E-state index contributed by atoms with van der Waals surface area (Å²) >= 11 is 0. The molecular weight excluding hydrogens is 258 g/mol. The van der Waals surface area contributed by atoms with E-state index in [9.17, 15) is 14.9 Å². The van der Waals surface area contributed by atoms with Crippen molar-refractivity contribution in [2.24, 2.45) is 0 Å². The predicted octanol–water partition coefficient (Wildman–Crippen LogP) is 0.399. The third-order valence-corrected chi connectivity index (χ3v) is 2.05. The Bertz CT molecular complexity index is 604. The molecule has 0 aliphatic carbocycles. The number of hydrogen-bond donors (Lipinski definition) is 0. The zero-order valence-corrected chi connectivity index (χ0v) is 9.85. The predicted molar refractivity (Wildman–Crippen MR) is 58.2 cm³/mol. The molecule has 0 N–H and O–H groups in total. The molecule has 0 spiro atoms. The van der Waals surface area contributed by atoms with Crippen molar-refractivity contribution in [1.82, 2.24) is 19.9 Å². The summed E-state index contributed by atoms with van der Waals surface area (Å²) in [5, 5.41) is 17.8. The van der Waals surface area contributed by atoms with Crippen LogP contribution in [0, 0.1) is 10.1 Å². The Kier molecular flexibility index (Phi) is 3.50. The Morgan fingerprint density at radius 2 is 2.42 bits per heavy atom. The third kappa shape index (κ3) is 2.91. The molecule has 0 aliphatic rings. The van der Waals surface area contributed by atoms with Crippen LogP contribution in [0.3, 0.4) is 0 Å². The van der Waals surface area contributed by atoms with Gasteiger partial charge < -0.3 is 9.26 Å². The number of rotatable bonds is 5. The Labute approximate surface area is 106 Å². The lowest BCUT2D eigenvalue weighted by Gasteiger charge is -1.94. The molecule has 2 rings (SSSR count). The first-order chi connectivity index (χ1) is 9.10. The minimum atomic E-state index is -0.715. The lowest BCUT2D eigenvalue weighted by molar-refractivity contribution is -0.385. The van der Waals surface area contributed by atoms with Crippen molar-refractivity contribution >= 4 is 11.7 Å². The summed E-state index contributed by atoms with van der Waals surface area (Å²) in [6, 6.07) is 0. The van der Waals surface area contributed by atoms with Crippen LogP contribution in [0.1, 0.15) is 23.4 Å². The molecule has 10 heteroatoms. The number of ether oxygens (including phenoxy) is 1. The van der Waals surface area contributed by atoms with Crippen molar-refractivity contribution < 1.29 is 19.0 Å². The van der Waals surface area contributed by atoms with Crippen LogP contribution in [0.15, 0.2) is 16.9 Å². The molecule has 0 aliphatic heterocycles. The molecule has 2 heterocycles. The first kappa shape index (κ1) is 12.7. The fourth-order valence-corrected chi connectivity index (χ4v) is 1.27. The summed E-state index contributed by atoms with van der Waals surface area (Å²) in [7, 11) is 0. The first-order valence-electron chi connectivity index (χ1n) is 5.26. The number of hydrogen-bond acceptors (Lipinski definition) is 8. The van der Waals surface area contributed by atoms with Crippen molar-refractivity contribution in [1.29, 1.82) is 0 Å². The maximum atomic E-state index is 11.3. The van der Waals surface area contributed by atoms with E-state index in [1.807, 2.05) is 0 Å². The Morgan fingerprint density at radius 1 is 1.63 bits per heavy atom. The topological polar surface area (TPSA) is 126 Å². The second kappa shape index (κ2) is 5.25. The quantitative estimate of drug-likeness (QED) is 0.432. The molecule has 0 amide bonds. The Balaban J connectivity index is 2.06. The summed E-state index contributed by atoms with van der Waals surface area (Å²) < 4.78 is 10.6. The molecule has 0 atom stereocenters. The Hall–Kier alpha value is -2.78. The second-order valence-corrected chi connectivity index (χ2v) is 3.39. The van der Waals surface area contributed by atoms with Crippen molar-refractivity contribution in [3.8, 4) is 0 Å². The summed E-state index contributed by atoms with van der Waals surface area (Å²) in [4.78, 5) is 25.0. The van der Waals surface area contributed by atoms with Gasteiger partial charge in [0.05, 0.1) is 11.5 Å². The minimum absolute atomic E-state index is 0.0523. The van der Waals surface area contributed by atoms with E-state index in [4.69, 9.17) is 4.52 Å². The van der Waals surface area contributed by atoms with Crippen molar-refractivity contribution in [3.63, 3.8) is 0 Å². The summed E-state index contributed by atoms with van der Waals surface area (Å²) in [6.45, 7) is 1.90. The fraction of sp³-hybridized carbons (Fsp3) is 0.333. The highest BCUT2D eigenvalue weighted by molar-refractivity contribution is 5.83. The van der Waals surface area contributed by atoms with Crippen LogP contribution in [-0.4, -0.2) is 37.4 Å². The molecule has 100 valence electrons. The van der Waals surface area contributed by atoms with Crippen LogP contribution in [0.2, 0.25) is 0 Å². The lowest BCUT2D eigenvalue weighted by atomic mass is 10.5. The maximum Gasteiger partial charge on any atom is 0.397 e. The van der Waals surface area contributed by atoms with Gasteiger partial charge in [-0.15, -0.1) is 0 Å². The number of nitrogens with zero attached hydrogens (tertiary/aromatic N) is 5. The van der Waals surface area contributed by atoms with E-state index in [1.54, 1.807) is 6.92 Å². The zero-order valence-electron chi connectivity index (χ0n) is 9.85. The van der Waals surface area contributed by atoms with Crippen molar-refractivity contribution in [3.05, 3.63) is 34.2 Å². The number of carbonyl (C=O) groups is 1. The molecular formula is C9H9N5O5. The normalized spacial score (nSPS) is 10.4. The van der Waals surface area contributed by atoms with E-state index in [2.05, 4.69) is 20.0 Å². The molecule has 2 aromatic heterocycles. The lowest BCUT2D eigenvalue weighted by Crippen LogP contribution is -2.06. The van der Waals surface area contributed by atoms with E-state index in [1.165, 1.54) is 10.9 Å².